The van der Waals surface area contributed by atoms with Crippen LogP contribution in [0, 0.1) is 0 Å². The summed E-state index contributed by atoms with van der Waals surface area (Å²) in [7, 11) is -3.68. The minimum Gasteiger partial charge on any atom is -0.392 e. The van der Waals surface area contributed by atoms with E-state index in [4.69, 9.17) is 5.11 Å². The molecule has 19 heavy (non-hydrogen) atoms. The molecule has 0 bridgehead atoms. The molecule has 0 aliphatic heterocycles. The fraction of sp³-hybridized carbons (Fsp3) is 0.0833. The van der Waals surface area contributed by atoms with Crippen molar-refractivity contribution in [2.45, 2.75) is 11.5 Å². The van der Waals surface area contributed by atoms with Gasteiger partial charge in [-0.1, -0.05) is 12.1 Å². The van der Waals surface area contributed by atoms with Gasteiger partial charge in [-0.25, -0.2) is 8.42 Å². The number of hydrogen-bond acceptors (Lipinski definition) is 4. The van der Waals surface area contributed by atoms with Gasteiger partial charge in [-0.05, 0) is 39.7 Å². The van der Waals surface area contributed by atoms with E-state index < -0.39 is 10.0 Å². The first kappa shape index (κ1) is 14.0. The zero-order valence-corrected chi connectivity index (χ0v) is 12.1. The van der Waals surface area contributed by atoms with Crippen LogP contribution in [0.25, 0.3) is 0 Å². The molecule has 0 saturated carbocycles. The summed E-state index contributed by atoms with van der Waals surface area (Å²) in [4.78, 5) is 3.89. The van der Waals surface area contributed by atoms with Gasteiger partial charge in [0.1, 0.15) is 4.90 Å². The van der Waals surface area contributed by atoms with E-state index in [0.717, 1.165) is 0 Å². The summed E-state index contributed by atoms with van der Waals surface area (Å²) < 4.78 is 27.3. The summed E-state index contributed by atoms with van der Waals surface area (Å²) in [5.41, 5.74) is 1.03. The Bertz CT molecular complexity index is 689. The van der Waals surface area contributed by atoms with Gasteiger partial charge < -0.3 is 5.11 Å². The Morgan fingerprint density at radius 2 is 2.05 bits per heavy atom. The lowest BCUT2D eigenvalue weighted by molar-refractivity contribution is 0.282. The topological polar surface area (TPSA) is 79.3 Å². The van der Waals surface area contributed by atoms with Crippen LogP contribution in [0.1, 0.15) is 5.56 Å². The summed E-state index contributed by atoms with van der Waals surface area (Å²) in [5, 5.41) is 9.02. The molecule has 5 nitrogen and oxygen atoms in total. The fourth-order valence-electron chi connectivity index (χ4n) is 1.49. The molecule has 0 radical (unpaired) electrons. The summed E-state index contributed by atoms with van der Waals surface area (Å²) in [6.45, 7) is -0.145. The highest BCUT2D eigenvalue weighted by molar-refractivity contribution is 9.10. The molecule has 0 fully saturated rings. The van der Waals surface area contributed by atoms with Crippen LogP contribution in [0.15, 0.2) is 52.1 Å². The van der Waals surface area contributed by atoms with E-state index in [1.54, 1.807) is 24.3 Å². The average Bonchev–Trinajstić information content (AvgIpc) is 2.38. The second-order valence-corrected chi connectivity index (χ2v) is 6.40. The van der Waals surface area contributed by atoms with Crippen LogP contribution in [-0.2, 0) is 16.6 Å². The van der Waals surface area contributed by atoms with Gasteiger partial charge in [-0.15, -0.1) is 0 Å². The number of sulfonamides is 1. The van der Waals surface area contributed by atoms with Crippen LogP contribution in [0.4, 0.5) is 5.69 Å². The first-order valence-electron chi connectivity index (χ1n) is 5.34. The number of aliphatic hydroxyl groups excluding tert-OH is 1. The van der Waals surface area contributed by atoms with Crippen LogP contribution in [0.3, 0.4) is 0 Å². The van der Waals surface area contributed by atoms with Gasteiger partial charge in [-0.3, -0.25) is 9.71 Å². The van der Waals surface area contributed by atoms with Crippen molar-refractivity contribution in [3.63, 3.8) is 0 Å². The van der Waals surface area contributed by atoms with Crippen LogP contribution in [0.5, 0.6) is 0 Å². The third-order valence-electron chi connectivity index (χ3n) is 2.35. The Labute approximate surface area is 119 Å². The Kier molecular flexibility index (Phi) is 4.18. The third-order valence-corrected chi connectivity index (χ3v) is 4.13. The number of nitrogens with zero attached hydrogens (tertiary/aromatic N) is 1. The van der Waals surface area contributed by atoms with Gasteiger partial charge in [0.2, 0.25) is 0 Å². The first-order valence-corrected chi connectivity index (χ1v) is 7.62. The molecule has 2 aromatic rings. The number of hydrogen-bond donors (Lipinski definition) is 2. The Morgan fingerprint density at radius 1 is 1.26 bits per heavy atom. The van der Waals surface area contributed by atoms with Crippen molar-refractivity contribution in [3.8, 4) is 0 Å². The van der Waals surface area contributed by atoms with E-state index in [2.05, 4.69) is 25.6 Å². The van der Waals surface area contributed by atoms with Crippen LogP contribution >= 0.6 is 15.9 Å². The second kappa shape index (κ2) is 5.68. The number of rotatable bonds is 4. The van der Waals surface area contributed by atoms with E-state index in [1.165, 1.54) is 18.5 Å². The van der Waals surface area contributed by atoms with Crippen molar-refractivity contribution in [1.29, 1.82) is 0 Å². The summed E-state index contributed by atoms with van der Waals surface area (Å²) in [6, 6.07) is 8.03. The lowest BCUT2D eigenvalue weighted by Gasteiger charge is -2.08. The molecular weight excluding hydrogens is 332 g/mol. The van der Waals surface area contributed by atoms with E-state index in [1.807, 2.05) is 0 Å². The molecule has 2 N–H and O–H groups in total. The molecule has 0 unspecified atom stereocenters. The standard InChI is InChI=1S/C12H11BrN2O3S/c13-10-5-12(7-14-6-10)19(17,18)15-11-3-1-2-9(4-11)8-16/h1-7,15-16H,8H2. The van der Waals surface area contributed by atoms with Crippen molar-refractivity contribution in [2.75, 3.05) is 4.72 Å². The molecule has 100 valence electrons. The van der Waals surface area contributed by atoms with Gasteiger partial charge in [-0.2, -0.15) is 0 Å². The van der Waals surface area contributed by atoms with E-state index >= 15 is 0 Å². The van der Waals surface area contributed by atoms with E-state index in [9.17, 15) is 8.42 Å². The lowest BCUT2D eigenvalue weighted by atomic mass is 10.2. The smallest absolute Gasteiger partial charge is 0.263 e. The number of aromatic nitrogens is 1. The largest absolute Gasteiger partial charge is 0.392 e. The van der Waals surface area contributed by atoms with Crippen LogP contribution in [0.2, 0.25) is 0 Å². The zero-order valence-electron chi connectivity index (χ0n) is 9.75. The molecule has 0 amide bonds. The number of pyridine rings is 1. The Morgan fingerprint density at radius 3 is 2.74 bits per heavy atom. The van der Waals surface area contributed by atoms with Crippen molar-refractivity contribution >= 4 is 31.6 Å². The van der Waals surface area contributed by atoms with Crippen molar-refractivity contribution in [2.24, 2.45) is 0 Å². The molecule has 0 aliphatic carbocycles. The highest BCUT2D eigenvalue weighted by Gasteiger charge is 2.15. The van der Waals surface area contributed by atoms with Crippen LogP contribution in [-0.4, -0.2) is 18.5 Å². The van der Waals surface area contributed by atoms with Crippen molar-refractivity contribution < 1.29 is 13.5 Å². The Balaban J connectivity index is 2.31. The maximum atomic E-state index is 12.1. The fourth-order valence-corrected chi connectivity index (χ4v) is 3.04. The molecule has 1 heterocycles. The van der Waals surface area contributed by atoms with Crippen LogP contribution < -0.4 is 4.72 Å². The molecule has 1 aromatic heterocycles. The van der Waals surface area contributed by atoms with Gasteiger partial charge in [0.25, 0.3) is 10.0 Å². The summed E-state index contributed by atoms with van der Waals surface area (Å²) in [6.07, 6.45) is 2.77. The van der Waals surface area contributed by atoms with Gasteiger partial charge >= 0.3 is 0 Å². The van der Waals surface area contributed by atoms with Gasteiger partial charge in [0, 0.05) is 22.6 Å². The predicted molar refractivity (Wildman–Crippen MR) is 75.1 cm³/mol. The summed E-state index contributed by atoms with van der Waals surface area (Å²) >= 11 is 3.18. The molecule has 0 aliphatic rings. The molecule has 1 aromatic carbocycles. The number of benzene rings is 1. The maximum absolute atomic E-state index is 12.1. The van der Waals surface area contributed by atoms with Crippen molar-refractivity contribution in [1.82, 2.24) is 4.98 Å². The van der Waals surface area contributed by atoms with E-state index in [0.29, 0.717) is 15.7 Å². The monoisotopic (exact) mass is 342 g/mol. The maximum Gasteiger partial charge on any atom is 0.263 e. The summed E-state index contributed by atoms with van der Waals surface area (Å²) in [5.74, 6) is 0. The Hall–Kier alpha value is -1.44. The lowest BCUT2D eigenvalue weighted by Crippen LogP contribution is -2.13. The minimum atomic E-state index is -3.68. The normalized spacial score (nSPS) is 11.3. The van der Waals surface area contributed by atoms with Crippen molar-refractivity contribution in [3.05, 3.63) is 52.8 Å². The van der Waals surface area contributed by atoms with Gasteiger partial charge in [0.15, 0.2) is 0 Å². The number of aliphatic hydroxyl groups is 1. The van der Waals surface area contributed by atoms with E-state index in [-0.39, 0.29) is 11.5 Å². The zero-order chi connectivity index (χ0) is 13.9. The number of halogens is 1. The predicted octanol–water partition coefficient (Wildman–Crippen LogP) is 2.14. The molecule has 0 atom stereocenters. The molecular formula is C12H11BrN2O3S. The molecule has 0 saturated heterocycles. The SMILES string of the molecule is O=S(=O)(Nc1cccc(CO)c1)c1cncc(Br)c1. The second-order valence-electron chi connectivity index (χ2n) is 3.80. The first-order chi connectivity index (χ1) is 9.01. The highest BCUT2D eigenvalue weighted by Crippen LogP contribution is 2.19. The quantitative estimate of drug-likeness (QED) is 0.891. The molecule has 0 spiro atoms. The molecule has 2 rings (SSSR count). The minimum absolute atomic E-state index is 0.0660. The van der Waals surface area contributed by atoms with Gasteiger partial charge in [0.05, 0.1) is 6.61 Å². The highest BCUT2D eigenvalue weighted by atomic mass is 79.9. The average molecular weight is 343 g/mol. The number of nitrogens with one attached hydrogen (secondary N) is 1. The third kappa shape index (κ3) is 3.52. The number of anilines is 1. The molecule has 7 heteroatoms.